The van der Waals surface area contributed by atoms with Crippen LogP contribution < -0.4 is 0 Å². The summed E-state index contributed by atoms with van der Waals surface area (Å²) < 4.78 is 9.59. The van der Waals surface area contributed by atoms with Gasteiger partial charge < -0.3 is 19.2 Å². The second-order valence-electron chi connectivity index (χ2n) is 2.91. The summed E-state index contributed by atoms with van der Waals surface area (Å²) in [7, 11) is 1.25. The zero-order valence-corrected chi connectivity index (χ0v) is 7.98. The Morgan fingerprint density at radius 2 is 2.40 bits per heavy atom. The molecule has 2 heterocycles. The fourth-order valence-corrected chi connectivity index (χ4v) is 1.27. The topological polar surface area (TPSA) is 75.5 Å². The highest BCUT2D eigenvalue weighted by molar-refractivity contribution is 5.91. The lowest BCUT2D eigenvalue weighted by Crippen LogP contribution is -2.01. The molecule has 2 aromatic rings. The van der Waals surface area contributed by atoms with Gasteiger partial charge in [0.1, 0.15) is 11.5 Å². The molecule has 0 aromatic carbocycles. The van der Waals surface area contributed by atoms with Crippen LogP contribution in [0, 0.1) is 0 Å². The molecule has 5 heteroatoms. The molecule has 0 spiro atoms. The van der Waals surface area contributed by atoms with E-state index in [2.05, 4.69) is 9.72 Å². The largest absolute Gasteiger partial charge is 0.505 e. The Kier molecular flexibility index (Phi) is 2.21. The molecule has 0 aliphatic rings. The maximum atomic E-state index is 11.2. The summed E-state index contributed by atoms with van der Waals surface area (Å²) in [5.74, 6) is -0.237. The van der Waals surface area contributed by atoms with Gasteiger partial charge in [0.05, 0.1) is 19.1 Å². The molecule has 0 saturated heterocycles. The molecule has 0 fully saturated rings. The number of rotatable bonds is 2. The fourth-order valence-electron chi connectivity index (χ4n) is 1.27. The van der Waals surface area contributed by atoms with Crippen LogP contribution in [0.4, 0.5) is 0 Å². The smallest absolute Gasteiger partial charge is 0.358 e. The van der Waals surface area contributed by atoms with Crippen LogP contribution in [0.25, 0.3) is 11.5 Å². The molecule has 2 aromatic heterocycles. The summed E-state index contributed by atoms with van der Waals surface area (Å²) in [4.78, 5) is 13.9. The molecule has 0 aliphatic carbocycles. The number of carbonyl (C=O) groups is 1. The third-order valence-electron chi connectivity index (χ3n) is 1.97. The first-order valence-corrected chi connectivity index (χ1v) is 4.26. The minimum Gasteiger partial charge on any atom is -0.505 e. The van der Waals surface area contributed by atoms with Crippen molar-refractivity contribution in [3.63, 3.8) is 0 Å². The number of aromatic nitrogens is 1. The maximum Gasteiger partial charge on any atom is 0.358 e. The maximum absolute atomic E-state index is 11.2. The van der Waals surface area contributed by atoms with E-state index in [0.29, 0.717) is 11.5 Å². The lowest BCUT2D eigenvalue weighted by atomic mass is 10.3. The lowest BCUT2D eigenvalue weighted by Gasteiger charge is -1.95. The van der Waals surface area contributed by atoms with Crippen molar-refractivity contribution in [1.29, 1.82) is 0 Å². The summed E-state index contributed by atoms with van der Waals surface area (Å²) in [5, 5.41) is 9.46. The van der Waals surface area contributed by atoms with Crippen LogP contribution in [0.5, 0.6) is 5.75 Å². The van der Waals surface area contributed by atoms with Crippen molar-refractivity contribution in [2.24, 2.45) is 0 Å². The summed E-state index contributed by atoms with van der Waals surface area (Å²) in [6, 6.07) is 4.84. The van der Waals surface area contributed by atoms with E-state index < -0.39 is 5.97 Å². The Hall–Kier alpha value is -2.17. The van der Waals surface area contributed by atoms with E-state index in [1.165, 1.54) is 19.4 Å². The van der Waals surface area contributed by atoms with Gasteiger partial charge in [-0.05, 0) is 12.1 Å². The number of ether oxygens (including phenoxy) is 1. The van der Waals surface area contributed by atoms with E-state index in [1.807, 2.05) is 0 Å². The molecule has 2 N–H and O–H groups in total. The highest BCUT2D eigenvalue weighted by atomic mass is 16.5. The van der Waals surface area contributed by atoms with Crippen LogP contribution >= 0.6 is 0 Å². The van der Waals surface area contributed by atoms with Crippen LogP contribution in [0.2, 0.25) is 0 Å². The van der Waals surface area contributed by atoms with Crippen molar-refractivity contribution < 1.29 is 19.1 Å². The van der Waals surface area contributed by atoms with Gasteiger partial charge in [0.25, 0.3) is 0 Å². The second kappa shape index (κ2) is 3.53. The Morgan fingerprint density at radius 1 is 1.60 bits per heavy atom. The molecule has 15 heavy (non-hydrogen) atoms. The number of carbonyl (C=O) groups excluding carboxylic acids is 1. The number of H-pyrrole nitrogens is 1. The van der Waals surface area contributed by atoms with Gasteiger partial charge in [-0.15, -0.1) is 0 Å². The Balaban J connectivity index is 2.41. The molecular weight excluding hydrogens is 198 g/mol. The molecule has 0 aliphatic heterocycles. The minimum atomic E-state index is -0.620. The van der Waals surface area contributed by atoms with Crippen LogP contribution in [0.3, 0.4) is 0 Å². The molecule has 0 bridgehead atoms. The molecule has 78 valence electrons. The van der Waals surface area contributed by atoms with E-state index in [9.17, 15) is 9.90 Å². The monoisotopic (exact) mass is 207 g/mol. The van der Waals surface area contributed by atoms with Gasteiger partial charge in [-0.2, -0.15) is 0 Å². The Morgan fingerprint density at radius 3 is 3.00 bits per heavy atom. The van der Waals surface area contributed by atoms with E-state index >= 15 is 0 Å². The summed E-state index contributed by atoms with van der Waals surface area (Å²) in [5.41, 5.74) is 0.543. The molecular formula is C10H9NO4. The zero-order valence-electron chi connectivity index (χ0n) is 7.98. The first kappa shape index (κ1) is 9.39. The van der Waals surface area contributed by atoms with E-state index in [0.717, 1.165) is 0 Å². The van der Waals surface area contributed by atoms with Gasteiger partial charge in [-0.25, -0.2) is 4.79 Å². The number of nitrogens with one attached hydrogen (secondary N) is 1. The SMILES string of the molecule is COC(=O)c1[nH]c(-c2ccco2)cc1O. The van der Waals surface area contributed by atoms with Gasteiger partial charge in [-0.1, -0.05) is 0 Å². The van der Waals surface area contributed by atoms with Gasteiger partial charge in [-0.3, -0.25) is 0 Å². The standard InChI is InChI=1S/C10H9NO4/c1-14-10(13)9-7(12)5-6(11-9)8-3-2-4-15-8/h2-5,11-12H,1H3. The van der Waals surface area contributed by atoms with Gasteiger partial charge >= 0.3 is 5.97 Å². The normalized spacial score (nSPS) is 10.2. The van der Waals surface area contributed by atoms with Gasteiger partial charge in [0, 0.05) is 6.07 Å². The van der Waals surface area contributed by atoms with Crippen molar-refractivity contribution in [1.82, 2.24) is 4.98 Å². The second-order valence-corrected chi connectivity index (χ2v) is 2.91. The quantitative estimate of drug-likeness (QED) is 0.736. The average molecular weight is 207 g/mol. The van der Waals surface area contributed by atoms with Crippen LogP contribution in [0.15, 0.2) is 28.9 Å². The van der Waals surface area contributed by atoms with E-state index in [1.54, 1.807) is 12.1 Å². The van der Waals surface area contributed by atoms with E-state index in [-0.39, 0.29) is 11.4 Å². The van der Waals surface area contributed by atoms with Crippen molar-refractivity contribution in [3.8, 4) is 17.2 Å². The predicted octanol–water partition coefficient (Wildman–Crippen LogP) is 1.77. The van der Waals surface area contributed by atoms with Crippen LogP contribution in [-0.4, -0.2) is 23.2 Å². The third-order valence-corrected chi connectivity index (χ3v) is 1.97. The predicted molar refractivity (Wildman–Crippen MR) is 51.5 cm³/mol. The molecule has 0 radical (unpaired) electrons. The van der Waals surface area contributed by atoms with Crippen molar-refractivity contribution in [2.75, 3.05) is 7.11 Å². The van der Waals surface area contributed by atoms with E-state index in [4.69, 9.17) is 4.42 Å². The lowest BCUT2D eigenvalue weighted by molar-refractivity contribution is 0.0591. The Labute approximate surface area is 85.3 Å². The van der Waals surface area contributed by atoms with Gasteiger partial charge in [0.2, 0.25) is 0 Å². The average Bonchev–Trinajstić information content (AvgIpc) is 2.84. The summed E-state index contributed by atoms with van der Waals surface area (Å²) >= 11 is 0. The van der Waals surface area contributed by atoms with Gasteiger partial charge in [0.15, 0.2) is 5.69 Å². The Bertz CT molecular complexity index is 470. The minimum absolute atomic E-state index is 0.0175. The molecule has 0 atom stereocenters. The highest BCUT2D eigenvalue weighted by Gasteiger charge is 2.16. The third kappa shape index (κ3) is 1.59. The molecule has 5 nitrogen and oxygen atoms in total. The molecule has 2 rings (SSSR count). The van der Waals surface area contributed by atoms with Crippen molar-refractivity contribution in [2.45, 2.75) is 0 Å². The fraction of sp³-hybridized carbons (Fsp3) is 0.100. The molecule has 0 amide bonds. The number of hydrogen-bond donors (Lipinski definition) is 2. The number of aromatic amines is 1. The number of esters is 1. The zero-order chi connectivity index (χ0) is 10.8. The first-order valence-electron chi connectivity index (χ1n) is 4.26. The number of hydrogen-bond acceptors (Lipinski definition) is 4. The number of furan rings is 1. The number of aromatic hydroxyl groups is 1. The van der Waals surface area contributed by atoms with Crippen molar-refractivity contribution >= 4 is 5.97 Å². The summed E-state index contributed by atoms with van der Waals surface area (Å²) in [6.45, 7) is 0. The van der Waals surface area contributed by atoms with Crippen molar-refractivity contribution in [3.05, 3.63) is 30.2 Å². The number of methoxy groups -OCH3 is 1. The molecule has 0 saturated carbocycles. The highest BCUT2D eigenvalue weighted by Crippen LogP contribution is 2.26. The summed E-state index contributed by atoms with van der Waals surface area (Å²) in [6.07, 6.45) is 1.50. The van der Waals surface area contributed by atoms with Crippen LogP contribution in [0.1, 0.15) is 10.5 Å². The first-order chi connectivity index (χ1) is 7.22. The van der Waals surface area contributed by atoms with Crippen LogP contribution in [-0.2, 0) is 4.74 Å². The molecule has 0 unspecified atom stereocenters.